The molecule has 130 valence electrons. The first kappa shape index (κ1) is 17.3. The summed E-state index contributed by atoms with van der Waals surface area (Å²) < 4.78 is 14.6. The molecule has 3 aromatic rings. The highest BCUT2D eigenvalue weighted by Crippen LogP contribution is 2.19. The maximum absolute atomic E-state index is 12.9. The monoisotopic (exact) mass is 358 g/mol. The van der Waals surface area contributed by atoms with Gasteiger partial charge >= 0.3 is 0 Å². The van der Waals surface area contributed by atoms with Crippen molar-refractivity contribution in [2.75, 3.05) is 5.32 Å². The molecule has 2 heterocycles. The third-order valence-electron chi connectivity index (χ3n) is 3.99. The average Bonchev–Trinajstić information content (AvgIpc) is 3.09. The molecule has 0 unspecified atom stereocenters. The number of rotatable bonds is 5. The van der Waals surface area contributed by atoms with E-state index in [0.717, 1.165) is 27.5 Å². The number of nitrogens with zero attached hydrogens (tertiary/aromatic N) is 3. The molecule has 0 saturated carbocycles. The van der Waals surface area contributed by atoms with E-state index >= 15 is 0 Å². The predicted octanol–water partition coefficient (Wildman–Crippen LogP) is 3.40. The van der Waals surface area contributed by atoms with Crippen molar-refractivity contribution in [2.45, 2.75) is 26.7 Å². The van der Waals surface area contributed by atoms with Crippen molar-refractivity contribution in [2.24, 2.45) is 7.05 Å². The van der Waals surface area contributed by atoms with Gasteiger partial charge in [-0.15, -0.1) is 11.3 Å². The van der Waals surface area contributed by atoms with Gasteiger partial charge in [-0.25, -0.2) is 9.37 Å². The quantitative estimate of drug-likeness (QED) is 0.760. The minimum absolute atomic E-state index is 0.121. The molecule has 2 aromatic heterocycles. The van der Waals surface area contributed by atoms with Crippen LogP contribution >= 0.6 is 11.3 Å². The summed E-state index contributed by atoms with van der Waals surface area (Å²) in [5.41, 5.74) is 3.59. The summed E-state index contributed by atoms with van der Waals surface area (Å²) in [6, 6.07) is 6.37. The lowest BCUT2D eigenvalue weighted by molar-refractivity contribution is -0.115. The molecule has 0 saturated heterocycles. The highest BCUT2D eigenvalue weighted by molar-refractivity contribution is 7.09. The van der Waals surface area contributed by atoms with E-state index in [-0.39, 0.29) is 18.1 Å². The van der Waals surface area contributed by atoms with Crippen molar-refractivity contribution in [3.05, 3.63) is 63.0 Å². The van der Waals surface area contributed by atoms with Gasteiger partial charge in [-0.2, -0.15) is 5.10 Å². The van der Waals surface area contributed by atoms with Gasteiger partial charge in [-0.3, -0.25) is 9.48 Å². The fraction of sp³-hybridized carbons (Fsp3) is 0.278. The molecule has 1 N–H and O–H groups in total. The summed E-state index contributed by atoms with van der Waals surface area (Å²) in [5, 5.41) is 9.98. The van der Waals surface area contributed by atoms with Crippen LogP contribution in [0.25, 0.3) is 0 Å². The minimum Gasteiger partial charge on any atom is -0.310 e. The zero-order valence-electron chi connectivity index (χ0n) is 14.3. The van der Waals surface area contributed by atoms with Gasteiger partial charge in [0.2, 0.25) is 5.91 Å². The minimum atomic E-state index is -0.249. The molecule has 5 nitrogen and oxygen atoms in total. The number of aromatic nitrogens is 3. The first-order chi connectivity index (χ1) is 11.9. The first-order valence-corrected chi connectivity index (χ1v) is 8.78. The van der Waals surface area contributed by atoms with Crippen molar-refractivity contribution < 1.29 is 9.18 Å². The van der Waals surface area contributed by atoms with Gasteiger partial charge in [0.1, 0.15) is 11.6 Å². The van der Waals surface area contributed by atoms with E-state index in [1.165, 1.54) is 23.5 Å². The van der Waals surface area contributed by atoms with Crippen LogP contribution in [-0.2, 0) is 24.7 Å². The molecule has 0 aliphatic heterocycles. The Morgan fingerprint density at radius 3 is 2.64 bits per heavy atom. The summed E-state index contributed by atoms with van der Waals surface area (Å²) in [4.78, 5) is 16.8. The van der Waals surface area contributed by atoms with Crippen LogP contribution in [0.15, 0.2) is 29.6 Å². The van der Waals surface area contributed by atoms with Gasteiger partial charge in [0.15, 0.2) is 0 Å². The molecule has 0 bridgehead atoms. The lowest BCUT2D eigenvalue weighted by Gasteiger charge is -2.05. The Kier molecular flexibility index (Phi) is 4.94. The summed E-state index contributed by atoms with van der Waals surface area (Å²) in [6.07, 6.45) is 0.843. The fourth-order valence-electron chi connectivity index (χ4n) is 2.57. The number of aryl methyl sites for hydroxylation is 2. The molecule has 0 atom stereocenters. The topological polar surface area (TPSA) is 59.8 Å². The van der Waals surface area contributed by atoms with E-state index in [0.29, 0.717) is 12.2 Å². The van der Waals surface area contributed by atoms with Gasteiger partial charge in [-0.1, -0.05) is 12.1 Å². The van der Waals surface area contributed by atoms with E-state index in [1.807, 2.05) is 19.2 Å². The van der Waals surface area contributed by atoms with Crippen molar-refractivity contribution in [3.63, 3.8) is 0 Å². The van der Waals surface area contributed by atoms with E-state index in [9.17, 15) is 9.18 Å². The third-order valence-corrected chi connectivity index (χ3v) is 4.89. The van der Waals surface area contributed by atoms with E-state index < -0.39 is 0 Å². The van der Waals surface area contributed by atoms with Crippen LogP contribution in [-0.4, -0.2) is 20.7 Å². The second kappa shape index (κ2) is 7.14. The number of carbonyl (C=O) groups excluding carboxylic acids is 1. The molecular weight excluding hydrogens is 339 g/mol. The second-order valence-electron chi connectivity index (χ2n) is 5.94. The van der Waals surface area contributed by atoms with Crippen molar-refractivity contribution in [3.8, 4) is 0 Å². The van der Waals surface area contributed by atoms with Crippen LogP contribution in [0.4, 0.5) is 10.2 Å². The summed E-state index contributed by atoms with van der Waals surface area (Å²) in [6.45, 7) is 3.84. The number of hydrogen-bond acceptors (Lipinski definition) is 4. The summed E-state index contributed by atoms with van der Waals surface area (Å²) in [5.74, 6) is 0.343. The van der Waals surface area contributed by atoms with Crippen LogP contribution in [0.3, 0.4) is 0 Å². The molecule has 1 amide bonds. The van der Waals surface area contributed by atoms with E-state index in [1.54, 1.807) is 23.9 Å². The van der Waals surface area contributed by atoms with Gasteiger partial charge in [0.05, 0.1) is 22.8 Å². The Hall–Kier alpha value is -2.54. The summed E-state index contributed by atoms with van der Waals surface area (Å²) >= 11 is 1.50. The van der Waals surface area contributed by atoms with Crippen molar-refractivity contribution in [1.29, 1.82) is 0 Å². The van der Waals surface area contributed by atoms with Crippen LogP contribution in [0.1, 0.15) is 27.5 Å². The molecule has 7 heteroatoms. The highest BCUT2D eigenvalue weighted by Gasteiger charge is 2.14. The van der Waals surface area contributed by atoms with E-state index in [4.69, 9.17) is 0 Å². The zero-order valence-corrected chi connectivity index (χ0v) is 15.2. The van der Waals surface area contributed by atoms with Gasteiger partial charge in [-0.05, 0) is 31.5 Å². The third kappa shape index (κ3) is 4.11. The maximum atomic E-state index is 12.9. The smallest absolute Gasteiger partial charge is 0.231 e. The maximum Gasteiger partial charge on any atom is 0.231 e. The largest absolute Gasteiger partial charge is 0.310 e. The number of anilines is 1. The Morgan fingerprint density at radius 2 is 2.00 bits per heavy atom. The predicted molar refractivity (Wildman–Crippen MR) is 96.3 cm³/mol. The van der Waals surface area contributed by atoms with Crippen LogP contribution < -0.4 is 5.32 Å². The lowest BCUT2D eigenvalue weighted by Crippen LogP contribution is -2.17. The van der Waals surface area contributed by atoms with Crippen molar-refractivity contribution in [1.82, 2.24) is 14.8 Å². The highest BCUT2D eigenvalue weighted by atomic mass is 32.1. The number of benzene rings is 1. The van der Waals surface area contributed by atoms with Crippen molar-refractivity contribution >= 4 is 23.1 Å². The molecule has 0 aliphatic rings. The fourth-order valence-corrected chi connectivity index (χ4v) is 3.40. The molecule has 3 rings (SSSR count). The molecule has 0 radical (unpaired) electrons. The Balaban J connectivity index is 1.62. The number of hydrogen-bond donors (Lipinski definition) is 1. The van der Waals surface area contributed by atoms with Crippen LogP contribution in [0.5, 0.6) is 0 Å². The van der Waals surface area contributed by atoms with Crippen LogP contribution in [0, 0.1) is 19.7 Å². The molecule has 1 aromatic carbocycles. The molecule has 25 heavy (non-hydrogen) atoms. The Labute approximate surface area is 149 Å². The number of nitrogens with one attached hydrogen (secondary N) is 1. The molecule has 0 aliphatic carbocycles. The van der Waals surface area contributed by atoms with Gasteiger partial charge in [0, 0.05) is 24.4 Å². The first-order valence-electron chi connectivity index (χ1n) is 7.90. The Bertz CT molecular complexity index is 898. The zero-order chi connectivity index (χ0) is 18.0. The van der Waals surface area contributed by atoms with Gasteiger partial charge < -0.3 is 5.32 Å². The standard InChI is InChI=1S/C18H19FN4OS/c1-11-12(2)22-23(3)18(11)21-16(24)9-15-10-25-17(20-15)8-13-4-6-14(19)7-5-13/h4-7,10H,8-9H2,1-3H3,(H,21,24). The number of amides is 1. The van der Waals surface area contributed by atoms with Gasteiger partial charge in [0.25, 0.3) is 0 Å². The lowest BCUT2D eigenvalue weighted by atomic mass is 10.1. The second-order valence-corrected chi connectivity index (χ2v) is 6.89. The molecule has 0 fully saturated rings. The summed E-state index contributed by atoms with van der Waals surface area (Å²) in [7, 11) is 1.80. The number of halogens is 1. The molecule has 0 spiro atoms. The number of thiazole rings is 1. The Morgan fingerprint density at radius 1 is 1.28 bits per heavy atom. The number of carbonyl (C=O) groups is 1. The normalized spacial score (nSPS) is 10.9. The van der Waals surface area contributed by atoms with E-state index in [2.05, 4.69) is 15.4 Å². The van der Waals surface area contributed by atoms with Crippen LogP contribution in [0.2, 0.25) is 0 Å². The SMILES string of the molecule is Cc1nn(C)c(NC(=O)Cc2csc(Cc3ccc(F)cc3)n2)c1C. The average molecular weight is 358 g/mol. The molecular formula is C18H19FN4OS.